The Bertz CT molecular complexity index is 1040. The topological polar surface area (TPSA) is 119 Å². The normalized spacial score (nSPS) is 16.3. The van der Waals surface area contributed by atoms with Crippen LogP contribution in [0.2, 0.25) is 0 Å². The predicted molar refractivity (Wildman–Crippen MR) is 93.5 cm³/mol. The van der Waals surface area contributed by atoms with Crippen LogP contribution < -0.4 is 5.56 Å². The van der Waals surface area contributed by atoms with E-state index in [0.29, 0.717) is 0 Å². The first-order chi connectivity index (χ1) is 13.0. The zero-order valence-electron chi connectivity index (χ0n) is 14.6. The quantitative estimate of drug-likeness (QED) is 0.727. The van der Waals surface area contributed by atoms with Crippen LogP contribution in [0.15, 0.2) is 17.2 Å². The monoisotopic (exact) mass is 374 g/mol. The molecule has 0 spiro atoms. The smallest absolute Gasteiger partial charge is 0.338 e. The van der Waals surface area contributed by atoms with Crippen LogP contribution in [-0.4, -0.2) is 40.6 Å². The molecule has 3 heterocycles. The highest BCUT2D eigenvalue weighted by molar-refractivity contribution is 5.87. The summed E-state index contributed by atoms with van der Waals surface area (Å²) in [5.41, 5.74) is -0.625. The van der Waals surface area contributed by atoms with Gasteiger partial charge in [-0.2, -0.15) is 9.49 Å². The van der Waals surface area contributed by atoms with Crippen LogP contribution in [0.5, 0.6) is 0 Å². The third-order valence-corrected chi connectivity index (χ3v) is 4.97. The molecule has 3 aromatic heterocycles. The number of hydrogen-bond acceptors (Lipinski definition) is 5. The van der Waals surface area contributed by atoms with Gasteiger partial charge in [0.1, 0.15) is 0 Å². The van der Waals surface area contributed by atoms with Gasteiger partial charge in [-0.1, -0.05) is 32.1 Å². The molecule has 0 aliphatic heterocycles. The van der Waals surface area contributed by atoms with Crippen LogP contribution in [0, 0.1) is 5.95 Å². The lowest BCUT2D eigenvalue weighted by Gasteiger charge is -2.20. The van der Waals surface area contributed by atoms with E-state index in [1.165, 1.54) is 17.3 Å². The number of halogens is 1. The van der Waals surface area contributed by atoms with E-state index in [4.69, 9.17) is 5.11 Å². The zero-order chi connectivity index (χ0) is 19.0. The maximum Gasteiger partial charge on any atom is 0.338 e. The van der Waals surface area contributed by atoms with Gasteiger partial charge < -0.3 is 5.11 Å². The fraction of sp³-hybridized carbons (Fsp3) is 0.471. The first kappa shape index (κ1) is 17.4. The highest BCUT2D eigenvalue weighted by atomic mass is 19.1. The molecule has 1 aliphatic carbocycles. The Morgan fingerprint density at radius 2 is 1.93 bits per heavy atom. The van der Waals surface area contributed by atoms with Gasteiger partial charge >= 0.3 is 5.97 Å². The Balaban J connectivity index is 1.78. The number of fused-ring (bicyclic) bond motifs is 1. The summed E-state index contributed by atoms with van der Waals surface area (Å²) >= 11 is 0. The second-order valence-corrected chi connectivity index (χ2v) is 6.80. The van der Waals surface area contributed by atoms with Gasteiger partial charge in [-0.15, -0.1) is 5.10 Å². The molecule has 0 unspecified atom stereocenters. The molecule has 9 nitrogen and oxygen atoms in total. The SMILES string of the molecule is O=C(O)c1cnn(-c2nc3c(F)nn(C4CCCCCCC4)c3c(=O)[nH]2)c1. The lowest BCUT2D eigenvalue weighted by Crippen LogP contribution is -2.20. The van der Waals surface area contributed by atoms with Crippen molar-refractivity contribution in [1.82, 2.24) is 29.5 Å². The summed E-state index contributed by atoms with van der Waals surface area (Å²) in [6, 6.07) is -0.0330. The molecule has 0 aromatic carbocycles. The number of aromatic nitrogens is 6. The van der Waals surface area contributed by atoms with Crippen LogP contribution in [0.3, 0.4) is 0 Å². The van der Waals surface area contributed by atoms with Gasteiger partial charge in [0.2, 0.25) is 5.95 Å². The first-order valence-electron chi connectivity index (χ1n) is 9.01. The number of aromatic carboxylic acids is 1. The van der Waals surface area contributed by atoms with Crippen LogP contribution in [-0.2, 0) is 0 Å². The van der Waals surface area contributed by atoms with Crippen molar-refractivity contribution in [3.8, 4) is 5.95 Å². The lowest BCUT2D eigenvalue weighted by atomic mass is 9.97. The van der Waals surface area contributed by atoms with Gasteiger partial charge in [-0.05, 0) is 12.8 Å². The summed E-state index contributed by atoms with van der Waals surface area (Å²) in [7, 11) is 0. The molecular formula is C17H19FN6O3. The molecule has 0 saturated heterocycles. The molecule has 0 radical (unpaired) electrons. The number of carboxylic acids is 1. The van der Waals surface area contributed by atoms with Crippen LogP contribution in [0.4, 0.5) is 4.39 Å². The summed E-state index contributed by atoms with van der Waals surface area (Å²) < 4.78 is 17.0. The molecule has 0 amide bonds. The summed E-state index contributed by atoms with van der Waals surface area (Å²) in [5, 5.41) is 16.8. The van der Waals surface area contributed by atoms with Crippen molar-refractivity contribution in [2.24, 2.45) is 0 Å². The maximum absolute atomic E-state index is 14.5. The summed E-state index contributed by atoms with van der Waals surface area (Å²) in [6.45, 7) is 0. The second-order valence-electron chi connectivity index (χ2n) is 6.80. The van der Waals surface area contributed by atoms with Gasteiger partial charge in [0.15, 0.2) is 11.0 Å². The van der Waals surface area contributed by atoms with Crippen molar-refractivity contribution < 1.29 is 14.3 Å². The fourth-order valence-corrected chi connectivity index (χ4v) is 3.60. The molecule has 10 heteroatoms. The minimum atomic E-state index is -1.16. The summed E-state index contributed by atoms with van der Waals surface area (Å²) in [6.07, 6.45) is 9.50. The Labute approximate surface area is 152 Å². The molecular weight excluding hydrogens is 355 g/mol. The number of carboxylic acid groups (broad SMARTS) is 1. The van der Waals surface area contributed by atoms with Gasteiger partial charge in [-0.25, -0.2) is 14.5 Å². The van der Waals surface area contributed by atoms with Crippen molar-refractivity contribution in [2.45, 2.75) is 51.0 Å². The van der Waals surface area contributed by atoms with E-state index in [1.807, 2.05) is 0 Å². The first-order valence-corrected chi connectivity index (χ1v) is 9.01. The molecule has 0 bridgehead atoms. The molecule has 1 aliphatic rings. The van der Waals surface area contributed by atoms with E-state index >= 15 is 0 Å². The second kappa shape index (κ2) is 6.93. The number of hydrogen-bond donors (Lipinski definition) is 2. The zero-order valence-corrected chi connectivity index (χ0v) is 14.6. The fourth-order valence-electron chi connectivity index (χ4n) is 3.60. The molecule has 142 valence electrons. The van der Waals surface area contributed by atoms with Crippen molar-refractivity contribution >= 4 is 17.0 Å². The van der Waals surface area contributed by atoms with E-state index in [9.17, 15) is 14.0 Å². The number of rotatable bonds is 3. The molecule has 3 aromatic rings. The summed E-state index contributed by atoms with van der Waals surface area (Å²) in [5.74, 6) is -2.03. The molecule has 1 fully saturated rings. The number of nitrogens with zero attached hydrogens (tertiary/aromatic N) is 5. The van der Waals surface area contributed by atoms with E-state index in [-0.39, 0.29) is 28.6 Å². The molecule has 0 atom stereocenters. The standard InChI is InChI=1S/C17H19FN6O3/c18-14-12-13(24(22-14)11-6-4-2-1-3-5-7-11)15(25)21-17(20-12)23-9-10(8-19-23)16(26)27/h8-9,11H,1-7H2,(H,26,27)(H,20,21,25). The van der Waals surface area contributed by atoms with Gasteiger partial charge in [0.05, 0.1) is 17.8 Å². The third-order valence-electron chi connectivity index (χ3n) is 4.97. The number of aromatic amines is 1. The molecule has 2 N–H and O–H groups in total. The number of nitrogens with one attached hydrogen (secondary N) is 1. The van der Waals surface area contributed by atoms with Crippen LogP contribution in [0.1, 0.15) is 61.3 Å². The average molecular weight is 374 g/mol. The van der Waals surface area contributed by atoms with Crippen molar-refractivity contribution in [3.63, 3.8) is 0 Å². The Hall–Kier alpha value is -3.04. The Morgan fingerprint density at radius 1 is 1.22 bits per heavy atom. The van der Waals surface area contributed by atoms with E-state index in [2.05, 4.69) is 20.2 Å². The number of carbonyl (C=O) groups is 1. The van der Waals surface area contributed by atoms with Crippen molar-refractivity contribution in [1.29, 1.82) is 0 Å². The van der Waals surface area contributed by atoms with Gasteiger partial charge in [0.25, 0.3) is 11.5 Å². The predicted octanol–water partition coefficient (Wildman–Crippen LogP) is 2.43. The highest BCUT2D eigenvalue weighted by Crippen LogP contribution is 2.28. The molecule has 1 saturated carbocycles. The summed E-state index contributed by atoms with van der Waals surface area (Å²) in [4.78, 5) is 30.3. The van der Waals surface area contributed by atoms with Gasteiger partial charge in [0, 0.05) is 6.20 Å². The van der Waals surface area contributed by atoms with Crippen LogP contribution >= 0.6 is 0 Å². The highest BCUT2D eigenvalue weighted by Gasteiger charge is 2.23. The van der Waals surface area contributed by atoms with E-state index < -0.39 is 17.5 Å². The van der Waals surface area contributed by atoms with Gasteiger partial charge in [-0.3, -0.25) is 14.5 Å². The Morgan fingerprint density at radius 3 is 2.59 bits per heavy atom. The lowest BCUT2D eigenvalue weighted by molar-refractivity contribution is 0.0697. The molecule has 4 rings (SSSR count). The largest absolute Gasteiger partial charge is 0.478 e. The van der Waals surface area contributed by atoms with Crippen molar-refractivity contribution in [2.75, 3.05) is 0 Å². The van der Waals surface area contributed by atoms with E-state index in [1.54, 1.807) is 0 Å². The molecule has 27 heavy (non-hydrogen) atoms. The minimum absolute atomic E-state index is 0.0330. The average Bonchev–Trinajstić information content (AvgIpc) is 3.21. The number of H-pyrrole nitrogens is 1. The van der Waals surface area contributed by atoms with Crippen LogP contribution in [0.25, 0.3) is 17.0 Å². The minimum Gasteiger partial charge on any atom is -0.478 e. The van der Waals surface area contributed by atoms with E-state index in [0.717, 1.165) is 49.4 Å². The Kier molecular flexibility index (Phi) is 4.46. The maximum atomic E-state index is 14.5. The van der Waals surface area contributed by atoms with Crippen molar-refractivity contribution in [3.05, 3.63) is 34.3 Å². The third kappa shape index (κ3) is 3.22.